The van der Waals surface area contributed by atoms with Gasteiger partial charge in [-0.05, 0) is 24.8 Å². The molecule has 2 amide bonds. The van der Waals surface area contributed by atoms with E-state index in [-0.39, 0.29) is 24.9 Å². The molecule has 1 aliphatic carbocycles. The number of hydrogen-bond acceptors (Lipinski definition) is 3. The first-order valence-corrected chi connectivity index (χ1v) is 9.22. The molecule has 1 fully saturated rings. The van der Waals surface area contributed by atoms with Crippen LogP contribution < -0.4 is 5.32 Å². The van der Waals surface area contributed by atoms with Crippen LogP contribution in [0, 0.1) is 5.41 Å². The van der Waals surface area contributed by atoms with E-state index in [1.54, 1.807) is 0 Å². The molecule has 142 valence electrons. The Labute approximate surface area is 154 Å². The van der Waals surface area contributed by atoms with Gasteiger partial charge in [-0.25, -0.2) is 0 Å². The Kier molecular flexibility index (Phi) is 7.18. The first kappa shape index (κ1) is 19.9. The standard InChI is InChI=1S/C20H28N2O4/c1-16(23)22(13-10-17-8-4-2-5-9-17)14-18(24)21-15-20(19(25)26)11-6-3-7-12-20/h2,4-5,8-9H,3,6-7,10-15H2,1H3,(H,21,24)(H,25,26). The molecule has 0 unspecified atom stereocenters. The number of hydrogen-bond donors (Lipinski definition) is 2. The Hall–Kier alpha value is -2.37. The van der Waals surface area contributed by atoms with Gasteiger partial charge < -0.3 is 15.3 Å². The molecule has 1 saturated carbocycles. The van der Waals surface area contributed by atoms with Crippen molar-refractivity contribution in [2.75, 3.05) is 19.6 Å². The Morgan fingerprint density at radius 2 is 1.77 bits per heavy atom. The van der Waals surface area contributed by atoms with Crippen LogP contribution in [0.15, 0.2) is 30.3 Å². The molecule has 6 heteroatoms. The van der Waals surface area contributed by atoms with Crippen LogP contribution in [0.1, 0.15) is 44.6 Å². The number of nitrogens with zero attached hydrogens (tertiary/aromatic N) is 1. The number of carboxylic acid groups (broad SMARTS) is 1. The lowest BCUT2D eigenvalue weighted by Crippen LogP contribution is -2.47. The zero-order valence-electron chi connectivity index (χ0n) is 15.4. The number of carbonyl (C=O) groups excluding carboxylic acids is 2. The number of rotatable bonds is 8. The van der Waals surface area contributed by atoms with Crippen molar-refractivity contribution in [3.63, 3.8) is 0 Å². The molecule has 1 aromatic rings. The predicted octanol–water partition coefficient (Wildman–Crippen LogP) is 2.23. The van der Waals surface area contributed by atoms with E-state index < -0.39 is 11.4 Å². The molecule has 0 aromatic heterocycles. The van der Waals surface area contributed by atoms with E-state index in [0.29, 0.717) is 25.8 Å². The largest absolute Gasteiger partial charge is 0.481 e. The third-order valence-corrected chi connectivity index (χ3v) is 5.18. The highest BCUT2D eigenvalue weighted by atomic mass is 16.4. The van der Waals surface area contributed by atoms with Crippen molar-refractivity contribution in [3.8, 4) is 0 Å². The molecule has 0 aliphatic heterocycles. The average Bonchev–Trinajstić information content (AvgIpc) is 2.64. The number of benzene rings is 1. The summed E-state index contributed by atoms with van der Waals surface area (Å²) < 4.78 is 0. The van der Waals surface area contributed by atoms with Crippen LogP contribution in [0.3, 0.4) is 0 Å². The molecule has 0 spiro atoms. The quantitative estimate of drug-likeness (QED) is 0.744. The van der Waals surface area contributed by atoms with Gasteiger partial charge in [-0.3, -0.25) is 14.4 Å². The first-order valence-electron chi connectivity index (χ1n) is 9.22. The third-order valence-electron chi connectivity index (χ3n) is 5.18. The summed E-state index contributed by atoms with van der Waals surface area (Å²) >= 11 is 0. The summed E-state index contributed by atoms with van der Waals surface area (Å²) in [4.78, 5) is 37.3. The molecular weight excluding hydrogens is 332 g/mol. The van der Waals surface area contributed by atoms with E-state index in [9.17, 15) is 19.5 Å². The molecule has 2 N–H and O–H groups in total. The molecule has 1 aromatic carbocycles. The highest BCUT2D eigenvalue weighted by Gasteiger charge is 2.39. The molecule has 0 radical (unpaired) electrons. The summed E-state index contributed by atoms with van der Waals surface area (Å²) in [5.74, 6) is -1.31. The van der Waals surface area contributed by atoms with Gasteiger partial charge in [0.2, 0.25) is 11.8 Å². The van der Waals surface area contributed by atoms with Gasteiger partial charge in [0.25, 0.3) is 0 Å². The van der Waals surface area contributed by atoms with Gasteiger partial charge >= 0.3 is 5.97 Å². The molecule has 0 saturated heterocycles. The fraction of sp³-hybridized carbons (Fsp3) is 0.550. The number of aliphatic carboxylic acids is 1. The molecular formula is C20H28N2O4. The maximum atomic E-state index is 12.3. The van der Waals surface area contributed by atoms with E-state index in [0.717, 1.165) is 24.8 Å². The van der Waals surface area contributed by atoms with Crippen LogP contribution in [0.4, 0.5) is 0 Å². The van der Waals surface area contributed by atoms with Crippen LogP contribution in [-0.2, 0) is 20.8 Å². The van der Waals surface area contributed by atoms with Crippen molar-refractivity contribution >= 4 is 17.8 Å². The maximum absolute atomic E-state index is 12.3. The van der Waals surface area contributed by atoms with Crippen molar-refractivity contribution in [2.45, 2.75) is 45.4 Å². The summed E-state index contributed by atoms with van der Waals surface area (Å²) in [6.07, 6.45) is 4.64. The zero-order chi connectivity index (χ0) is 19.0. The van der Waals surface area contributed by atoms with Crippen LogP contribution in [0.2, 0.25) is 0 Å². The van der Waals surface area contributed by atoms with Gasteiger partial charge in [0.15, 0.2) is 0 Å². The second-order valence-corrected chi connectivity index (χ2v) is 7.10. The third kappa shape index (κ3) is 5.58. The summed E-state index contributed by atoms with van der Waals surface area (Å²) in [5.41, 5.74) is 0.241. The summed E-state index contributed by atoms with van der Waals surface area (Å²) in [6, 6.07) is 9.78. The number of carbonyl (C=O) groups is 3. The Balaban J connectivity index is 1.86. The SMILES string of the molecule is CC(=O)N(CCc1ccccc1)CC(=O)NCC1(C(=O)O)CCCCC1. The second kappa shape index (κ2) is 9.36. The molecule has 0 atom stereocenters. The molecule has 0 heterocycles. The Bertz CT molecular complexity index is 624. The van der Waals surface area contributed by atoms with Crippen LogP contribution in [0.25, 0.3) is 0 Å². The summed E-state index contributed by atoms with van der Waals surface area (Å²) in [6.45, 7) is 1.98. The van der Waals surface area contributed by atoms with Crippen LogP contribution in [-0.4, -0.2) is 47.4 Å². The van der Waals surface area contributed by atoms with Crippen molar-refractivity contribution in [2.24, 2.45) is 5.41 Å². The van der Waals surface area contributed by atoms with Gasteiger partial charge in [-0.2, -0.15) is 0 Å². The van der Waals surface area contributed by atoms with Crippen molar-refractivity contribution in [1.29, 1.82) is 0 Å². The van der Waals surface area contributed by atoms with E-state index >= 15 is 0 Å². The topological polar surface area (TPSA) is 86.7 Å². The molecule has 0 bridgehead atoms. The van der Waals surface area contributed by atoms with Crippen LogP contribution >= 0.6 is 0 Å². The summed E-state index contributed by atoms with van der Waals surface area (Å²) in [7, 11) is 0. The molecule has 6 nitrogen and oxygen atoms in total. The lowest BCUT2D eigenvalue weighted by atomic mass is 9.74. The van der Waals surface area contributed by atoms with Crippen molar-refractivity contribution < 1.29 is 19.5 Å². The fourth-order valence-corrected chi connectivity index (χ4v) is 3.45. The van der Waals surface area contributed by atoms with E-state index in [1.165, 1.54) is 11.8 Å². The van der Waals surface area contributed by atoms with Gasteiger partial charge in [0.05, 0.1) is 12.0 Å². The predicted molar refractivity (Wildman–Crippen MR) is 98.6 cm³/mol. The number of nitrogens with one attached hydrogen (secondary N) is 1. The zero-order valence-corrected chi connectivity index (χ0v) is 15.4. The van der Waals surface area contributed by atoms with Gasteiger partial charge in [0, 0.05) is 20.0 Å². The van der Waals surface area contributed by atoms with Gasteiger partial charge in [-0.15, -0.1) is 0 Å². The first-order chi connectivity index (χ1) is 12.4. The molecule has 1 aliphatic rings. The smallest absolute Gasteiger partial charge is 0.311 e. The van der Waals surface area contributed by atoms with Crippen LogP contribution in [0.5, 0.6) is 0 Å². The lowest BCUT2D eigenvalue weighted by molar-refractivity contribution is -0.151. The monoisotopic (exact) mass is 360 g/mol. The van der Waals surface area contributed by atoms with E-state index in [2.05, 4.69) is 5.32 Å². The normalized spacial score (nSPS) is 15.9. The van der Waals surface area contributed by atoms with Gasteiger partial charge in [0.1, 0.15) is 0 Å². The highest BCUT2D eigenvalue weighted by Crippen LogP contribution is 2.35. The van der Waals surface area contributed by atoms with E-state index in [1.807, 2.05) is 30.3 Å². The Morgan fingerprint density at radius 3 is 2.35 bits per heavy atom. The second-order valence-electron chi connectivity index (χ2n) is 7.10. The minimum Gasteiger partial charge on any atom is -0.481 e. The highest BCUT2D eigenvalue weighted by molar-refractivity contribution is 5.84. The van der Waals surface area contributed by atoms with Crippen molar-refractivity contribution in [1.82, 2.24) is 10.2 Å². The number of carboxylic acids is 1. The minimum absolute atomic E-state index is 0.0438. The number of amides is 2. The average molecular weight is 360 g/mol. The minimum atomic E-state index is -0.862. The van der Waals surface area contributed by atoms with E-state index in [4.69, 9.17) is 0 Å². The maximum Gasteiger partial charge on any atom is 0.311 e. The lowest BCUT2D eigenvalue weighted by Gasteiger charge is -2.33. The van der Waals surface area contributed by atoms with Gasteiger partial charge in [-0.1, -0.05) is 49.6 Å². The van der Waals surface area contributed by atoms with Crippen molar-refractivity contribution in [3.05, 3.63) is 35.9 Å². The molecule has 26 heavy (non-hydrogen) atoms. The summed E-state index contributed by atoms with van der Waals surface area (Å²) in [5, 5.41) is 12.3. The molecule has 2 rings (SSSR count). The fourth-order valence-electron chi connectivity index (χ4n) is 3.45. The Morgan fingerprint density at radius 1 is 1.12 bits per heavy atom.